The summed E-state index contributed by atoms with van der Waals surface area (Å²) in [6.45, 7) is 4.57. The minimum absolute atomic E-state index is 0.254. The molecule has 0 aliphatic rings. The normalized spacial score (nSPS) is 11.5. The zero-order chi connectivity index (χ0) is 22.2. The predicted octanol–water partition coefficient (Wildman–Crippen LogP) is 4.80. The smallest absolute Gasteiger partial charge is 0.303 e. The molecule has 7 nitrogen and oxygen atoms in total. The van der Waals surface area contributed by atoms with Gasteiger partial charge in [0.25, 0.3) is 0 Å². The molecule has 0 bridgehead atoms. The van der Waals surface area contributed by atoms with E-state index in [0.29, 0.717) is 34.5 Å². The van der Waals surface area contributed by atoms with E-state index in [1.165, 1.54) is 0 Å². The van der Waals surface area contributed by atoms with E-state index in [9.17, 15) is 4.79 Å². The van der Waals surface area contributed by atoms with Crippen LogP contribution >= 0.6 is 11.6 Å². The molecule has 0 aliphatic heterocycles. The Hall–Kier alpha value is -3.71. The number of hydrogen-bond donors (Lipinski definition) is 1. The summed E-state index contributed by atoms with van der Waals surface area (Å²) in [7, 11) is 0. The lowest BCUT2D eigenvalue weighted by Crippen LogP contribution is -2.18. The van der Waals surface area contributed by atoms with Crippen molar-refractivity contribution in [1.29, 1.82) is 0 Å². The third kappa shape index (κ3) is 3.61. The van der Waals surface area contributed by atoms with E-state index < -0.39 is 0 Å². The van der Waals surface area contributed by atoms with Crippen LogP contribution < -0.4 is 5.69 Å². The maximum Gasteiger partial charge on any atom is 0.328 e. The average molecular weight is 445 g/mol. The number of nitrogens with zero attached hydrogens (tertiary/aromatic N) is 5. The lowest BCUT2D eigenvalue weighted by Gasteiger charge is -2.12. The van der Waals surface area contributed by atoms with E-state index in [1.54, 1.807) is 21.6 Å². The summed E-state index contributed by atoms with van der Waals surface area (Å²) in [5, 5.41) is 4.78. The van der Waals surface area contributed by atoms with Crippen LogP contribution in [0.25, 0.3) is 28.2 Å². The van der Waals surface area contributed by atoms with E-state index >= 15 is 0 Å². The fourth-order valence-corrected chi connectivity index (χ4v) is 4.06. The molecule has 32 heavy (non-hydrogen) atoms. The molecule has 0 radical (unpaired) electrons. The topological polar surface area (TPSA) is 81.4 Å². The Morgan fingerprint density at radius 3 is 2.72 bits per heavy atom. The number of rotatable bonds is 5. The molecular weight excluding hydrogens is 424 g/mol. The van der Waals surface area contributed by atoms with Gasteiger partial charge >= 0.3 is 5.69 Å². The van der Waals surface area contributed by atoms with Crippen molar-refractivity contribution < 1.29 is 0 Å². The SMILES string of the molecule is CC(C)c1ccccc1-c1ncc2[nH]c(=O)n(Cc3ccc(-n4cccn4)cc3Cl)c2n1. The lowest BCUT2D eigenvalue weighted by molar-refractivity contribution is 0.776. The molecule has 0 aliphatic carbocycles. The molecule has 0 amide bonds. The van der Waals surface area contributed by atoms with Crippen molar-refractivity contribution in [1.82, 2.24) is 29.3 Å². The lowest BCUT2D eigenvalue weighted by atomic mass is 9.97. The second-order valence-electron chi connectivity index (χ2n) is 7.92. The Balaban J connectivity index is 1.56. The number of aromatic nitrogens is 6. The highest BCUT2D eigenvalue weighted by molar-refractivity contribution is 6.31. The fraction of sp³-hybridized carbons (Fsp3) is 0.167. The molecule has 0 atom stereocenters. The van der Waals surface area contributed by atoms with Gasteiger partial charge in [0.1, 0.15) is 5.52 Å². The molecular formula is C24H21ClN6O. The van der Waals surface area contributed by atoms with Crippen LogP contribution in [0.3, 0.4) is 0 Å². The monoisotopic (exact) mass is 444 g/mol. The summed E-state index contributed by atoms with van der Waals surface area (Å²) in [6, 6.07) is 15.6. The van der Waals surface area contributed by atoms with Gasteiger partial charge in [0.05, 0.1) is 18.4 Å². The Kier molecular flexibility index (Phi) is 5.11. The number of H-pyrrole nitrogens is 1. The van der Waals surface area contributed by atoms with Gasteiger partial charge in [-0.1, -0.05) is 55.8 Å². The fourth-order valence-electron chi connectivity index (χ4n) is 3.83. The van der Waals surface area contributed by atoms with Gasteiger partial charge in [-0.05, 0) is 35.2 Å². The Morgan fingerprint density at radius 2 is 1.97 bits per heavy atom. The first kappa shape index (κ1) is 20.2. The first-order valence-corrected chi connectivity index (χ1v) is 10.7. The summed E-state index contributed by atoms with van der Waals surface area (Å²) in [5.41, 5.74) is 4.67. The molecule has 0 saturated heterocycles. The molecule has 160 valence electrons. The number of aromatic amines is 1. The van der Waals surface area contributed by atoms with Crippen LogP contribution in [-0.2, 0) is 6.54 Å². The van der Waals surface area contributed by atoms with Crippen LogP contribution in [0.15, 0.2) is 71.9 Å². The Bertz CT molecular complexity index is 1470. The number of halogens is 1. The van der Waals surface area contributed by atoms with Crippen molar-refractivity contribution >= 4 is 22.8 Å². The van der Waals surface area contributed by atoms with Gasteiger partial charge in [-0.15, -0.1) is 0 Å². The number of imidazole rings is 1. The standard InChI is InChI=1S/C24H21ClN6O/c1-15(2)18-6-3-4-7-19(18)22-26-13-21-23(29-22)30(24(32)28-21)14-16-8-9-17(12-20(16)25)31-11-5-10-27-31/h3-13,15H,14H2,1-2H3,(H,28,32). The predicted molar refractivity (Wildman–Crippen MR) is 125 cm³/mol. The van der Waals surface area contributed by atoms with Gasteiger partial charge in [-0.2, -0.15) is 5.10 Å². The Morgan fingerprint density at radius 1 is 1.12 bits per heavy atom. The Labute approximate surface area is 189 Å². The number of fused-ring (bicyclic) bond motifs is 1. The van der Waals surface area contributed by atoms with Crippen LogP contribution in [0, 0.1) is 0 Å². The molecule has 0 spiro atoms. The van der Waals surface area contributed by atoms with Crippen molar-refractivity contribution in [3.05, 3.63) is 93.8 Å². The summed E-state index contributed by atoms with van der Waals surface area (Å²) in [6.07, 6.45) is 5.22. The molecule has 8 heteroatoms. The first-order valence-electron chi connectivity index (χ1n) is 10.3. The highest BCUT2D eigenvalue weighted by atomic mass is 35.5. The van der Waals surface area contributed by atoms with Crippen molar-refractivity contribution in [3.63, 3.8) is 0 Å². The third-order valence-electron chi connectivity index (χ3n) is 5.47. The quantitative estimate of drug-likeness (QED) is 0.422. The van der Waals surface area contributed by atoms with Gasteiger partial charge in [0.15, 0.2) is 11.5 Å². The minimum atomic E-state index is -0.254. The molecule has 0 unspecified atom stereocenters. The molecule has 2 aromatic carbocycles. The maximum atomic E-state index is 12.7. The average Bonchev–Trinajstić information content (AvgIpc) is 3.43. The van der Waals surface area contributed by atoms with Gasteiger partial charge in [0.2, 0.25) is 0 Å². The molecule has 3 aromatic heterocycles. The van der Waals surface area contributed by atoms with Crippen molar-refractivity contribution in [2.24, 2.45) is 0 Å². The van der Waals surface area contributed by atoms with Crippen molar-refractivity contribution in [2.45, 2.75) is 26.3 Å². The first-order chi connectivity index (χ1) is 15.5. The van der Waals surface area contributed by atoms with E-state index in [2.05, 4.69) is 35.0 Å². The van der Waals surface area contributed by atoms with E-state index in [0.717, 1.165) is 22.4 Å². The number of benzene rings is 2. The van der Waals surface area contributed by atoms with Gasteiger partial charge in [0, 0.05) is 23.0 Å². The van der Waals surface area contributed by atoms with Crippen LogP contribution in [0.1, 0.15) is 30.9 Å². The van der Waals surface area contributed by atoms with E-state index in [1.807, 2.05) is 48.7 Å². The molecule has 5 rings (SSSR count). The highest BCUT2D eigenvalue weighted by Crippen LogP contribution is 2.27. The summed E-state index contributed by atoms with van der Waals surface area (Å²) in [4.78, 5) is 24.8. The number of nitrogens with one attached hydrogen (secondary N) is 1. The largest absolute Gasteiger partial charge is 0.328 e. The van der Waals surface area contributed by atoms with Crippen LogP contribution in [-0.4, -0.2) is 29.3 Å². The summed E-state index contributed by atoms with van der Waals surface area (Å²) in [5.74, 6) is 0.917. The van der Waals surface area contributed by atoms with Crippen LogP contribution in [0.4, 0.5) is 0 Å². The zero-order valence-electron chi connectivity index (χ0n) is 17.7. The molecule has 3 heterocycles. The molecule has 5 aromatic rings. The van der Waals surface area contributed by atoms with Gasteiger partial charge in [-0.3, -0.25) is 4.57 Å². The third-order valence-corrected chi connectivity index (χ3v) is 5.82. The maximum absolute atomic E-state index is 12.7. The summed E-state index contributed by atoms with van der Waals surface area (Å²) >= 11 is 6.55. The number of hydrogen-bond acceptors (Lipinski definition) is 4. The zero-order valence-corrected chi connectivity index (χ0v) is 18.4. The van der Waals surface area contributed by atoms with Crippen molar-refractivity contribution in [2.75, 3.05) is 0 Å². The van der Waals surface area contributed by atoms with Gasteiger partial charge in [-0.25, -0.2) is 19.4 Å². The van der Waals surface area contributed by atoms with Crippen LogP contribution in [0.5, 0.6) is 0 Å². The van der Waals surface area contributed by atoms with Gasteiger partial charge < -0.3 is 4.98 Å². The summed E-state index contributed by atoms with van der Waals surface area (Å²) < 4.78 is 3.33. The van der Waals surface area contributed by atoms with E-state index in [-0.39, 0.29) is 5.69 Å². The van der Waals surface area contributed by atoms with Crippen molar-refractivity contribution in [3.8, 4) is 17.1 Å². The molecule has 0 fully saturated rings. The second-order valence-corrected chi connectivity index (χ2v) is 8.32. The minimum Gasteiger partial charge on any atom is -0.303 e. The second kappa shape index (κ2) is 8.09. The van der Waals surface area contributed by atoms with E-state index in [4.69, 9.17) is 16.6 Å². The highest BCUT2D eigenvalue weighted by Gasteiger charge is 2.15. The van der Waals surface area contributed by atoms with Crippen LogP contribution in [0.2, 0.25) is 5.02 Å². The molecule has 0 saturated carbocycles. The molecule has 1 N–H and O–H groups in total.